The number of hydrogen-bond acceptors (Lipinski definition) is 12. The van der Waals surface area contributed by atoms with Crippen molar-refractivity contribution in [1.82, 2.24) is 15.4 Å². The zero-order valence-electron chi connectivity index (χ0n) is 63.3. The number of hydrazone groups is 2. The van der Waals surface area contributed by atoms with Gasteiger partial charge in [0.05, 0.1) is 11.4 Å². The summed E-state index contributed by atoms with van der Waals surface area (Å²) in [5.41, 5.74) is 14.8. The molecule has 0 saturated carbocycles. The zero-order valence-corrected chi connectivity index (χ0v) is 66.6. The number of rotatable bonds is 50. The summed E-state index contributed by atoms with van der Waals surface area (Å²) >= 11 is 7.68. The predicted molar refractivity (Wildman–Crippen MR) is 500 cm³/mol. The van der Waals surface area contributed by atoms with E-state index in [1.165, 1.54) is 278 Å². The van der Waals surface area contributed by atoms with E-state index in [0.29, 0.717) is 23.5 Å². The molecule has 2 aromatic heterocycles. The lowest BCUT2D eigenvalue weighted by atomic mass is 9.91. The van der Waals surface area contributed by atoms with Gasteiger partial charge < -0.3 is 11.2 Å². The van der Waals surface area contributed by atoms with Crippen LogP contribution in [0.1, 0.15) is 477 Å². The van der Waals surface area contributed by atoms with Crippen molar-refractivity contribution in [2.45, 2.75) is 483 Å². The molecule has 0 bridgehead atoms. The van der Waals surface area contributed by atoms with Crippen LogP contribution in [-0.4, -0.2) is 45.1 Å². The van der Waals surface area contributed by atoms with E-state index < -0.39 is 0 Å². The number of thiocarbonyl (C=S) groups is 1. The number of hydrazine groups is 1. The Morgan fingerprint density at radius 3 is 0.874 bits per heavy atom. The van der Waals surface area contributed by atoms with Crippen molar-refractivity contribution in [1.29, 1.82) is 0 Å². The van der Waals surface area contributed by atoms with Crippen molar-refractivity contribution in [2.75, 3.05) is 17.5 Å². The molecule has 0 fully saturated rings. The number of nitrogens with zero attached hydrogens (tertiary/aromatic N) is 5. The normalized spacial score (nSPS) is 9.83. The number of thiazole rings is 2. The Bertz CT molecular complexity index is 1890. The number of carbonyl (C=O) groups excluding carboxylic acids is 2. The lowest BCUT2D eigenvalue weighted by Gasteiger charge is -2.19. The first-order valence-corrected chi connectivity index (χ1v) is 39.5. The molecule has 0 aliphatic heterocycles. The van der Waals surface area contributed by atoms with E-state index in [2.05, 4.69) is 117 Å². The molecule has 0 radical (unpaired) electrons. The Morgan fingerprint density at radius 2 is 0.660 bits per heavy atom. The monoisotopic (exact) mass is 1550 g/mol. The number of carbonyl (C=O) groups is 2. The highest BCUT2D eigenvalue weighted by Crippen LogP contribution is 2.28. The average Bonchev–Trinajstić information content (AvgIpc) is 1.75. The van der Waals surface area contributed by atoms with Crippen LogP contribution >= 0.6 is 47.3 Å². The fourth-order valence-electron chi connectivity index (χ4n) is 10.4. The Kier molecular flexibility index (Phi) is 147. The van der Waals surface area contributed by atoms with Gasteiger partial charge in [-0.05, 0) is 118 Å². The van der Waals surface area contributed by atoms with E-state index in [1.54, 1.807) is 36.5 Å². The van der Waals surface area contributed by atoms with Gasteiger partial charge in [0.2, 0.25) is 10.3 Å². The number of unbranched alkanes of at least 4 members (excludes halogenated alkanes) is 30. The van der Waals surface area contributed by atoms with Crippen molar-refractivity contribution in [3.8, 4) is 0 Å². The SMILES string of the molecule is C.C.C.C.C.C.C.C.C.C.C.C.CC.CC(=O)C(C)C.CCCCCCCCC(CCCCCCCC)/C(C)=N/N(C)c1nc(C)c(C)s1.CCCCCCCCC(CCCCCCCC)/C(C)=N/Nc1nc(C)c(C)s1.CCCCCCCCC(CCCCCCCC)C(C)=O.Cl.NNC(N)=S. The number of anilines is 2. The van der Waals surface area contributed by atoms with Crippen LogP contribution in [0, 0.1) is 51.4 Å². The molecule has 2 aromatic rings. The molecule has 2 heterocycles. The molecule has 0 aliphatic rings. The first-order chi connectivity index (χ1) is 43.2. The first kappa shape index (κ1) is 143. The molecule has 11 nitrogen and oxygen atoms in total. The molecule has 0 saturated heterocycles. The summed E-state index contributed by atoms with van der Waals surface area (Å²) in [5, 5.41) is 13.7. The van der Waals surface area contributed by atoms with Crippen molar-refractivity contribution < 1.29 is 9.59 Å². The average molecular weight is 1550 g/mol. The van der Waals surface area contributed by atoms with Gasteiger partial charge in [0.15, 0.2) is 5.11 Å². The molecule has 0 atom stereocenters. The Hall–Kier alpha value is -2.52. The van der Waals surface area contributed by atoms with Crippen molar-refractivity contribution in [2.24, 2.45) is 45.5 Å². The second-order valence-electron chi connectivity index (χ2n) is 25.7. The van der Waals surface area contributed by atoms with E-state index in [-0.39, 0.29) is 118 Å². The maximum Gasteiger partial charge on any atom is 0.206 e. The third kappa shape index (κ3) is 93.6. The summed E-state index contributed by atoms with van der Waals surface area (Å²) in [5.74, 6) is 7.14. The van der Waals surface area contributed by atoms with Crippen molar-refractivity contribution in [3.05, 3.63) is 21.1 Å². The van der Waals surface area contributed by atoms with Crippen LogP contribution in [0.25, 0.3) is 0 Å². The Balaban J connectivity index is -0.0000000629. The molecule has 2 rings (SSSR count). The summed E-state index contributed by atoms with van der Waals surface area (Å²) in [6, 6.07) is 0. The minimum Gasteiger partial charge on any atom is -0.375 e. The topological polar surface area (TPSA) is 164 Å². The first-order valence-electron chi connectivity index (χ1n) is 37.4. The fraction of sp³-hybridized carbons (Fsp3) is 0.875. The van der Waals surface area contributed by atoms with Crippen molar-refractivity contribution in [3.63, 3.8) is 0 Å². The highest BCUT2D eigenvalue weighted by molar-refractivity contribution is 7.80. The van der Waals surface area contributed by atoms with Crippen LogP contribution < -0.4 is 27.4 Å². The number of nitrogens with two attached hydrogens (primary N) is 2. The number of halogens is 1. The van der Waals surface area contributed by atoms with Gasteiger partial charge in [-0.3, -0.25) is 15.0 Å². The number of nitrogens with one attached hydrogen (secondary N) is 2. The highest BCUT2D eigenvalue weighted by Gasteiger charge is 2.17. The van der Waals surface area contributed by atoms with Gasteiger partial charge in [-0.1, -0.05) is 390 Å². The van der Waals surface area contributed by atoms with Gasteiger partial charge >= 0.3 is 0 Å². The molecule has 0 aromatic carbocycles. The maximum absolute atomic E-state index is 11.7. The summed E-state index contributed by atoms with van der Waals surface area (Å²) in [7, 11) is 2.05. The molecule has 103 heavy (non-hydrogen) atoms. The van der Waals surface area contributed by atoms with Gasteiger partial charge in [-0.2, -0.15) is 10.2 Å². The molecule has 0 amide bonds. The molecule has 6 N–H and O–H groups in total. The third-order valence-electron chi connectivity index (χ3n) is 17.1. The predicted octanol–water partition coefficient (Wildman–Crippen LogP) is 33.1. The van der Waals surface area contributed by atoms with Gasteiger partial charge in [0.1, 0.15) is 11.6 Å². The second-order valence-corrected chi connectivity index (χ2v) is 28.6. The fourth-order valence-corrected chi connectivity index (χ4v) is 12.0. The summed E-state index contributed by atoms with van der Waals surface area (Å²) in [6.45, 7) is 37.7. The molecular weight excluding hydrogens is 1350 g/mol. The van der Waals surface area contributed by atoms with Crippen LogP contribution in [0.15, 0.2) is 10.2 Å². The lowest BCUT2D eigenvalue weighted by Crippen LogP contribution is -2.34. The lowest BCUT2D eigenvalue weighted by molar-refractivity contribution is -0.121. The van der Waals surface area contributed by atoms with Crippen molar-refractivity contribution >= 4 is 85.7 Å². The van der Waals surface area contributed by atoms with Crippen LogP contribution in [0.5, 0.6) is 0 Å². The number of hydrogen-bond donors (Lipinski definition) is 4. The molecule has 634 valence electrons. The van der Waals surface area contributed by atoms with Gasteiger partial charge in [0.25, 0.3) is 0 Å². The van der Waals surface area contributed by atoms with Crippen LogP contribution in [-0.2, 0) is 9.59 Å². The van der Waals surface area contributed by atoms with Gasteiger partial charge in [0, 0.05) is 40.1 Å². The summed E-state index contributed by atoms with van der Waals surface area (Å²) in [4.78, 5) is 33.6. The largest absolute Gasteiger partial charge is 0.375 e. The van der Waals surface area contributed by atoms with Gasteiger partial charge in [-0.15, -0.1) is 35.1 Å². The number of aryl methyl sites for hydroxylation is 4. The zero-order chi connectivity index (χ0) is 68.6. The molecular formula is C88H200ClN9O2S3. The van der Waals surface area contributed by atoms with Gasteiger partial charge in [-0.25, -0.2) is 20.8 Å². The minimum atomic E-state index is 0. The second kappa shape index (κ2) is 106. The number of ketones is 2. The number of Topliss-reactive ketones (excluding diaryl/α,β-unsaturated/α-hetero) is 2. The summed E-state index contributed by atoms with van der Waals surface area (Å²) < 4.78 is 0. The smallest absolute Gasteiger partial charge is 0.206 e. The Labute approximate surface area is 673 Å². The van der Waals surface area contributed by atoms with Crippen LogP contribution in [0.3, 0.4) is 0 Å². The molecule has 15 heteroatoms. The number of aromatic nitrogens is 2. The standard InChI is InChI=1S/C25H47N3S.C24H45N3S.C19H38O.C5H10O.C2H6.CH5N3S.12CH4.ClH/c1-7-9-11-13-15-17-19-24(20-18-16-14-12-10-8-2)22(4)27-28(6)25-26-21(3)23(5)29-25;1-6-8-10-12-14-16-18-23(19-17-15-13-11-9-7-2)21(4)26-27-24-25-20(3)22(5)28-24;1-4-6-8-10-12-14-16-19(18(3)20)17-15-13-11-9-7-5-2;1-4(2)5(3)6;1-2;2-1(5)4-3;;;;;;;;;;;;;/h24H,7-20H2,1-6H3;23H,6-19H2,1-5H3,(H,25,27);19H,4-17H2,1-3H3;4H,1-3H3;1-2H3;3H2,(H3,2,4,5);12*1H4;1H/b27-22+;26-21+;;;;;;;;;;;;;;;;;. The molecule has 0 unspecified atom stereocenters. The summed E-state index contributed by atoms with van der Waals surface area (Å²) in [6.07, 6.45) is 56.3. The van der Waals surface area contributed by atoms with E-state index >= 15 is 0 Å². The molecule has 0 spiro atoms. The van der Waals surface area contributed by atoms with E-state index in [9.17, 15) is 9.59 Å². The quantitative estimate of drug-likeness (QED) is 0.0165. The van der Waals surface area contributed by atoms with Crippen LogP contribution in [0.4, 0.5) is 10.3 Å². The van der Waals surface area contributed by atoms with E-state index in [0.717, 1.165) is 34.5 Å². The minimum absolute atomic E-state index is 0. The maximum atomic E-state index is 11.7. The third-order valence-corrected chi connectivity index (χ3v) is 19.3. The highest BCUT2D eigenvalue weighted by atomic mass is 35.5. The van der Waals surface area contributed by atoms with E-state index in [4.69, 9.17) is 15.9 Å². The molecule has 0 aliphatic carbocycles. The Morgan fingerprint density at radius 1 is 0.427 bits per heavy atom. The van der Waals surface area contributed by atoms with E-state index in [1.807, 2.05) is 45.2 Å². The van der Waals surface area contributed by atoms with Crippen LogP contribution in [0.2, 0.25) is 0 Å².